The van der Waals surface area contributed by atoms with Gasteiger partial charge in [-0.1, -0.05) is 0 Å². The zero-order chi connectivity index (χ0) is 18.9. The van der Waals surface area contributed by atoms with Crippen LogP contribution in [-0.2, 0) is 9.59 Å². The molecule has 1 heterocycles. The summed E-state index contributed by atoms with van der Waals surface area (Å²) >= 11 is 0. The number of barbiturate groups is 1. The number of ether oxygens (including phenoxy) is 2. The number of nitrogens with one attached hydrogen (secondary N) is 1. The molecule has 1 fully saturated rings. The van der Waals surface area contributed by atoms with Crippen molar-refractivity contribution in [3.63, 3.8) is 0 Å². The Hall–Kier alpha value is -3.03. The van der Waals surface area contributed by atoms with Gasteiger partial charge < -0.3 is 14.6 Å². The summed E-state index contributed by atoms with van der Waals surface area (Å²) in [6, 6.07) is 2.13. The number of phenols is 1. The Balaban J connectivity index is 2.54. The normalized spacial score (nSPS) is 16.9. The molecule has 0 aliphatic carbocycles. The topological polar surface area (TPSA) is 105 Å². The molecule has 2 N–H and O–H groups in total. The summed E-state index contributed by atoms with van der Waals surface area (Å²) in [4.78, 5) is 37.7. The van der Waals surface area contributed by atoms with E-state index in [0.29, 0.717) is 5.56 Å². The number of amides is 4. The Morgan fingerprint density at radius 1 is 1.08 bits per heavy atom. The number of carbonyl (C=O) groups excluding carboxylic acids is 3. The van der Waals surface area contributed by atoms with Crippen LogP contribution in [-0.4, -0.2) is 47.6 Å². The molecule has 0 saturated carbocycles. The van der Waals surface area contributed by atoms with Crippen LogP contribution in [0.15, 0.2) is 17.7 Å². The third-order valence-electron chi connectivity index (χ3n) is 3.59. The molecule has 0 radical (unpaired) electrons. The van der Waals surface area contributed by atoms with Gasteiger partial charge in [0.25, 0.3) is 11.8 Å². The van der Waals surface area contributed by atoms with E-state index < -0.39 is 23.4 Å². The quantitative estimate of drug-likeness (QED) is 0.636. The van der Waals surface area contributed by atoms with Crippen LogP contribution in [0.3, 0.4) is 0 Å². The molecule has 1 saturated heterocycles. The van der Waals surface area contributed by atoms with Gasteiger partial charge in [0.2, 0.25) is 5.75 Å². The summed E-state index contributed by atoms with van der Waals surface area (Å²) in [5.74, 6) is -1.44. The van der Waals surface area contributed by atoms with Gasteiger partial charge in [0.1, 0.15) is 5.57 Å². The van der Waals surface area contributed by atoms with Gasteiger partial charge in [-0.2, -0.15) is 0 Å². The van der Waals surface area contributed by atoms with Crippen LogP contribution >= 0.6 is 0 Å². The molecule has 1 aliphatic rings. The number of rotatable bonds is 3. The summed E-state index contributed by atoms with van der Waals surface area (Å²) in [6.07, 6.45) is 1.31. The second kappa shape index (κ2) is 6.46. The first-order valence-electron chi connectivity index (χ1n) is 7.46. The van der Waals surface area contributed by atoms with Crippen molar-refractivity contribution < 1.29 is 29.0 Å². The molecule has 1 aromatic rings. The Bertz CT molecular complexity index is 751. The highest BCUT2D eigenvalue weighted by atomic mass is 16.5. The van der Waals surface area contributed by atoms with E-state index in [2.05, 4.69) is 5.32 Å². The van der Waals surface area contributed by atoms with E-state index in [1.807, 2.05) is 0 Å². The molecule has 1 aliphatic heterocycles. The van der Waals surface area contributed by atoms with Crippen molar-refractivity contribution >= 4 is 23.9 Å². The SMILES string of the molecule is COc1cc(C=C2C(=O)NC(=O)N(C(C)(C)C)C2=O)cc(OC)c1O. The molecule has 4 amide bonds. The molecule has 0 bridgehead atoms. The van der Waals surface area contributed by atoms with Crippen molar-refractivity contribution in [2.75, 3.05) is 14.2 Å². The largest absolute Gasteiger partial charge is 0.502 e. The number of methoxy groups -OCH3 is 2. The highest BCUT2D eigenvalue weighted by Crippen LogP contribution is 2.38. The minimum absolute atomic E-state index is 0.124. The van der Waals surface area contributed by atoms with E-state index in [4.69, 9.17) is 9.47 Å². The third kappa shape index (κ3) is 3.42. The maximum absolute atomic E-state index is 12.6. The lowest BCUT2D eigenvalue weighted by molar-refractivity contribution is -0.133. The number of aromatic hydroxyl groups is 1. The summed E-state index contributed by atoms with van der Waals surface area (Å²) in [5, 5.41) is 12.1. The standard InChI is InChI=1S/C17H20N2O6/c1-17(2,3)19-15(22)10(14(21)18-16(19)23)6-9-7-11(24-4)13(20)12(8-9)25-5/h6-8,20H,1-5H3,(H,18,21,23). The van der Waals surface area contributed by atoms with Crippen LogP contribution in [0.25, 0.3) is 6.08 Å². The number of hydrogen-bond donors (Lipinski definition) is 2. The first-order chi connectivity index (χ1) is 11.6. The lowest BCUT2D eigenvalue weighted by Gasteiger charge is -2.36. The van der Waals surface area contributed by atoms with Gasteiger partial charge in [-0.15, -0.1) is 0 Å². The van der Waals surface area contributed by atoms with E-state index in [0.717, 1.165) is 4.90 Å². The van der Waals surface area contributed by atoms with Gasteiger partial charge >= 0.3 is 6.03 Å². The van der Waals surface area contributed by atoms with Crippen molar-refractivity contribution in [2.45, 2.75) is 26.3 Å². The number of imide groups is 2. The Kier molecular flexibility index (Phi) is 4.73. The minimum atomic E-state index is -0.800. The van der Waals surface area contributed by atoms with Crippen molar-refractivity contribution in [2.24, 2.45) is 0 Å². The molecule has 2 rings (SSSR count). The van der Waals surface area contributed by atoms with Crippen molar-refractivity contribution in [3.8, 4) is 17.2 Å². The van der Waals surface area contributed by atoms with Crippen LogP contribution in [0, 0.1) is 0 Å². The van der Waals surface area contributed by atoms with Gasteiger partial charge in [0.15, 0.2) is 11.5 Å². The second-order valence-electron chi connectivity index (χ2n) is 6.40. The predicted octanol–water partition coefficient (Wildman–Crippen LogP) is 1.67. The third-order valence-corrected chi connectivity index (χ3v) is 3.59. The van der Waals surface area contributed by atoms with Gasteiger partial charge in [-0.3, -0.25) is 19.8 Å². The zero-order valence-electron chi connectivity index (χ0n) is 14.7. The zero-order valence-corrected chi connectivity index (χ0v) is 14.7. The van der Waals surface area contributed by atoms with E-state index in [1.165, 1.54) is 32.4 Å². The number of urea groups is 1. The fourth-order valence-corrected chi connectivity index (χ4v) is 2.43. The van der Waals surface area contributed by atoms with E-state index >= 15 is 0 Å². The molecule has 0 atom stereocenters. The first-order valence-corrected chi connectivity index (χ1v) is 7.46. The van der Waals surface area contributed by atoms with Crippen LogP contribution < -0.4 is 14.8 Å². The van der Waals surface area contributed by atoms with Crippen LogP contribution in [0.1, 0.15) is 26.3 Å². The van der Waals surface area contributed by atoms with E-state index in [1.54, 1.807) is 20.8 Å². The fourth-order valence-electron chi connectivity index (χ4n) is 2.43. The number of nitrogens with zero attached hydrogens (tertiary/aromatic N) is 1. The van der Waals surface area contributed by atoms with Crippen LogP contribution in [0.2, 0.25) is 0 Å². The molecule has 8 nitrogen and oxygen atoms in total. The summed E-state index contributed by atoms with van der Waals surface area (Å²) < 4.78 is 10.1. The van der Waals surface area contributed by atoms with Crippen molar-refractivity contribution in [1.29, 1.82) is 0 Å². The molecule has 1 aromatic carbocycles. The molecule has 0 aromatic heterocycles. The Labute approximate surface area is 145 Å². The first kappa shape index (κ1) is 18.3. The highest BCUT2D eigenvalue weighted by molar-refractivity contribution is 6.31. The van der Waals surface area contributed by atoms with Crippen molar-refractivity contribution in [3.05, 3.63) is 23.3 Å². The molecule has 134 valence electrons. The maximum Gasteiger partial charge on any atom is 0.331 e. The number of carbonyl (C=O) groups is 3. The molecule has 0 unspecified atom stereocenters. The van der Waals surface area contributed by atoms with Gasteiger partial charge in [-0.05, 0) is 44.5 Å². The Morgan fingerprint density at radius 2 is 1.60 bits per heavy atom. The second-order valence-corrected chi connectivity index (χ2v) is 6.40. The van der Waals surface area contributed by atoms with E-state index in [-0.39, 0.29) is 22.8 Å². The van der Waals surface area contributed by atoms with Crippen LogP contribution in [0.5, 0.6) is 17.2 Å². The van der Waals surface area contributed by atoms with Gasteiger partial charge in [-0.25, -0.2) is 4.79 Å². The highest BCUT2D eigenvalue weighted by Gasteiger charge is 2.41. The monoisotopic (exact) mass is 348 g/mol. The smallest absolute Gasteiger partial charge is 0.331 e. The maximum atomic E-state index is 12.6. The lowest BCUT2D eigenvalue weighted by atomic mass is 10.0. The van der Waals surface area contributed by atoms with Crippen molar-refractivity contribution in [1.82, 2.24) is 10.2 Å². The molecule has 0 spiro atoms. The number of hydrogen-bond acceptors (Lipinski definition) is 6. The Morgan fingerprint density at radius 3 is 2.04 bits per heavy atom. The van der Waals surface area contributed by atoms with Crippen LogP contribution in [0.4, 0.5) is 4.79 Å². The summed E-state index contributed by atoms with van der Waals surface area (Å²) in [5.41, 5.74) is -0.608. The molecular formula is C17H20N2O6. The molecule has 25 heavy (non-hydrogen) atoms. The van der Waals surface area contributed by atoms with E-state index in [9.17, 15) is 19.5 Å². The lowest BCUT2D eigenvalue weighted by Crippen LogP contribution is -2.60. The van der Waals surface area contributed by atoms with Gasteiger partial charge in [0.05, 0.1) is 14.2 Å². The summed E-state index contributed by atoms with van der Waals surface area (Å²) in [7, 11) is 2.73. The number of phenolic OH excluding ortho intramolecular Hbond substituents is 1. The molecule has 8 heteroatoms. The average Bonchev–Trinajstić information content (AvgIpc) is 2.50. The molecular weight excluding hydrogens is 328 g/mol. The summed E-state index contributed by atoms with van der Waals surface area (Å²) in [6.45, 7) is 5.06. The minimum Gasteiger partial charge on any atom is -0.502 e. The fraction of sp³-hybridized carbons (Fsp3) is 0.353. The predicted molar refractivity (Wildman–Crippen MR) is 89.3 cm³/mol. The number of benzene rings is 1. The van der Waals surface area contributed by atoms with Gasteiger partial charge in [0, 0.05) is 5.54 Å². The average molecular weight is 348 g/mol.